The lowest BCUT2D eigenvalue weighted by Gasteiger charge is -2.33. The van der Waals surface area contributed by atoms with Crippen LogP contribution < -0.4 is 11.1 Å². The molecule has 0 radical (unpaired) electrons. The van der Waals surface area contributed by atoms with Crippen LogP contribution in [0.5, 0.6) is 0 Å². The van der Waals surface area contributed by atoms with Gasteiger partial charge in [0.25, 0.3) is 0 Å². The molecule has 0 spiro atoms. The predicted octanol–water partition coefficient (Wildman–Crippen LogP) is 0.856. The molecule has 112 valence electrons. The highest BCUT2D eigenvalue weighted by molar-refractivity contribution is 5.78. The Kier molecular flexibility index (Phi) is 5.00. The lowest BCUT2D eigenvalue weighted by molar-refractivity contribution is -0.126. The average Bonchev–Trinajstić information content (AvgIpc) is 2.86. The van der Waals surface area contributed by atoms with Gasteiger partial charge >= 0.3 is 0 Å². The lowest BCUT2D eigenvalue weighted by atomic mass is 9.86. The van der Waals surface area contributed by atoms with E-state index in [0.29, 0.717) is 5.92 Å². The van der Waals surface area contributed by atoms with Crippen LogP contribution >= 0.6 is 0 Å². The fraction of sp³-hybridized carbons (Fsp3) is 0.867. The number of nitrogens with two attached hydrogens (primary N) is 1. The summed E-state index contributed by atoms with van der Waals surface area (Å²) in [7, 11) is 1.70. The largest absolute Gasteiger partial charge is 0.359 e. The maximum atomic E-state index is 11.7. The van der Waals surface area contributed by atoms with Gasteiger partial charge in [0.05, 0.1) is 12.0 Å². The zero-order valence-electron chi connectivity index (χ0n) is 12.4. The van der Waals surface area contributed by atoms with E-state index in [-0.39, 0.29) is 11.8 Å². The highest BCUT2D eigenvalue weighted by atomic mass is 16.1. The topological polar surface area (TPSA) is 82.2 Å². The fourth-order valence-electron chi connectivity index (χ4n) is 3.67. The van der Waals surface area contributed by atoms with Crippen LogP contribution in [-0.2, 0) is 4.79 Å². The van der Waals surface area contributed by atoms with Crippen molar-refractivity contribution in [3.63, 3.8) is 0 Å². The van der Waals surface area contributed by atoms with E-state index in [1.54, 1.807) is 7.05 Å². The zero-order chi connectivity index (χ0) is 14.6. The van der Waals surface area contributed by atoms with E-state index in [0.717, 1.165) is 58.2 Å². The van der Waals surface area contributed by atoms with Gasteiger partial charge in [0.15, 0.2) is 0 Å². The predicted molar refractivity (Wildman–Crippen MR) is 77.7 cm³/mol. The van der Waals surface area contributed by atoms with Crippen LogP contribution in [0.25, 0.3) is 0 Å². The highest BCUT2D eigenvalue weighted by Gasteiger charge is 2.39. The van der Waals surface area contributed by atoms with E-state index in [9.17, 15) is 10.1 Å². The van der Waals surface area contributed by atoms with Crippen LogP contribution in [0.15, 0.2) is 0 Å². The zero-order valence-corrected chi connectivity index (χ0v) is 12.4. The Bertz CT molecular complexity index is 392. The van der Waals surface area contributed by atoms with E-state index in [4.69, 9.17) is 5.73 Å². The highest BCUT2D eigenvalue weighted by Crippen LogP contribution is 2.35. The maximum absolute atomic E-state index is 11.7. The molecule has 2 rings (SSSR count). The minimum Gasteiger partial charge on any atom is -0.359 e. The van der Waals surface area contributed by atoms with E-state index in [2.05, 4.69) is 16.3 Å². The Morgan fingerprint density at radius 1 is 1.50 bits per heavy atom. The van der Waals surface area contributed by atoms with E-state index in [1.807, 2.05) is 0 Å². The number of nitriles is 1. The Hall–Kier alpha value is -1.12. The van der Waals surface area contributed by atoms with Crippen molar-refractivity contribution in [3.8, 4) is 6.07 Å². The molecule has 3 unspecified atom stereocenters. The summed E-state index contributed by atoms with van der Waals surface area (Å²) < 4.78 is 0. The fourth-order valence-corrected chi connectivity index (χ4v) is 3.67. The number of hydrogen-bond donors (Lipinski definition) is 2. The first-order valence-corrected chi connectivity index (χ1v) is 7.73. The minimum atomic E-state index is -0.615. The van der Waals surface area contributed by atoms with Gasteiger partial charge in [-0.2, -0.15) is 5.26 Å². The third-order valence-corrected chi connectivity index (χ3v) is 5.00. The Labute approximate surface area is 121 Å². The smallest absolute Gasteiger partial charge is 0.224 e. The lowest BCUT2D eigenvalue weighted by Crippen LogP contribution is -2.45. The monoisotopic (exact) mass is 278 g/mol. The Morgan fingerprint density at radius 3 is 3.00 bits per heavy atom. The number of rotatable bonds is 4. The van der Waals surface area contributed by atoms with Gasteiger partial charge in [0.1, 0.15) is 5.54 Å². The summed E-state index contributed by atoms with van der Waals surface area (Å²) >= 11 is 0. The van der Waals surface area contributed by atoms with Crippen LogP contribution in [0.4, 0.5) is 0 Å². The molecule has 1 saturated carbocycles. The molecule has 1 aliphatic carbocycles. The molecule has 1 heterocycles. The Balaban J connectivity index is 1.82. The van der Waals surface area contributed by atoms with Crippen molar-refractivity contribution in [3.05, 3.63) is 0 Å². The minimum absolute atomic E-state index is 0.121. The van der Waals surface area contributed by atoms with Gasteiger partial charge in [0.2, 0.25) is 5.91 Å². The SMILES string of the molecule is CNC(=O)C1CCCN(CCC2CCCC2(N)C#N)C1. The standard InChI is InChI=1S/C15H26N4O/c1-18-14(20)12-4-3-8-19(10-12)9-6-13-5-2-7-15(13,17)11-16/h12-13H,2-10,17H2,1H3,(H,18,20). The van der Waals surface area contributed by atoms with Crippen LogP contribution in [-0.4, -0.2) is 43.0 Å². The summed E-state index contributed by atoms with van der Waals surface area (Å²) in [5.41, 5.74) is 5.56. The van der Waals surface area contributed by atoms with Crippen molar-refractivity contribution >= 4 is 5.91 Å². The molecule has 0 aromatic heterocycles. The van der Waals surface area contributed by atoms with Gasteiger partial charge in [-0.15, -0.1) is 0 Å². The summed E-state index contributed by atoms with van der Waals surface area (Å²) in [6.07, 6.45) is 6.00. The second-order valence-corrected chi connectivity index (χ2v) is 6.28. The first-order valence-electron chi connectivity index (χ1n) is 7.73. The molecule has 1 saturated heterocycles. The van der Waals surface area contributed by atoms with Gasteiger partial charge in [-0.25, -0.2) is 0 Å². The second-order valence-electron chi connectivity index (χ2n) is 6.28. The summed E-state index contributed by atoms with van der Waals surface area (Å²) in [4.78, 5) is 14.1. The summed E-state index contributed by atoms with van der Waals surface area (Å²) in [6.45, 7) is 2.86. The molecule has 5 heteroatoms. The number of nitrogens with one attached hydrogen (secondary N) is 1. The van der Waals surface area contributed by atoms with Crippen LogP contribution in [0.3, 0.4) is 0 Å². The molecular formula is C15H26N4O. The number of likely N-dealkylation sites (tertiary alicyclic amines) is 1. The van der Waals surface area contributed by atoms with Gasteiger partial charge < -0.3 is 16.0 Å². The van der Waals surface area contributed by atoms with E-state index >= 15 is 0 Å². The van der Waals surface area contributed by atoms with Crippen molar-refractivity contribution in [2.45, 2.75) is 44.1 Å². The summed E-state index contributed by atoms with van der Waals surface area (Å²) in [5, 5.41) is 12.0. The van der Waals surface area contributed by atoms with Crippen LogP contribution in [0, 0.1) is 23.2 Å². The Morgan fingerprint density at radius 2 is 2.30 bits per heavy atom. The van der Waals surface area contributed by atoms with Crippen molar-refractivity contribution in [1.29, 1.82) is 5.26 Å². The number of carbonyl (C=O) groups excluding carboxylic acids is 1. The molecule has 1 amide bonds. The molecule has 3 atom stereocenters. The molecule has 3 N–H and O–H groups in total. The summed E-state index contributed by atoms with van der Waals surface area (Å²) in [5.74, 6) is 0.588. The first kappa shape index (κ1) is 15.3. The van der Waals surface area contributed by atoms with E-state index < -0.39 is 5.54 Å². The van der Waals surface area contributed by atoms with Gasteiger partial charge in [-0.3, -0.25) is 4.79 Å². The number of amides is 1. The third kappa shape index (κ3) is 3.31. The normalized spacial score (nSPS) is 34.6. The number of carbonyl (C=O) groups is 1. The molecule has 5 nitrogen and oxygen atoms in total. The van der Waals surface area contributed by atoms with E-state index in [1.165, 1.54) is 0 Å². The maximum Gasteiger partial charge on any atom is 0.224 e. The van der Waals surface area contributed by atoms with Gasteiger partial charge in [0, 0.05) is 13.6 Å². The van der Waals surface area contributed by atoms with Crippen molar-refractivity contribution < 1.29 is 4.79 Å². The average molecular weight is 278 g/mol. The summed E-state index contributed by atoms with van der Waals surface area (Å²) in [6, 6.07) is 2.31. The van der Waals surface area contributed by atoms with Crippen molar-refractivity contribution in [2.75, 3.05) is 26.7 Å². The van der Waals surface area contributed by atoms with Crippen LogP contribution in [0.1, 0.15) is 38.5 Å². The molecule has 1 aliphatic heterocycles. The first-order chi connectivity index (χ1) is 9.59. The van der Waals surface area contributed by atoms with Crippen LogP contribution in [0.2, 0.25) is 0 Å². The molecule has 2 fully saturated rings. The molecule has 20 heavy (non-hydrogen) atoms. The van der Waals surface area contributed by atoms with Gasteiger partial charge in [-0.05, 0) is 51.1 Å². The number of nitrogens with zero attached hydrogens (tertiary/aromatic N) is 2. The third-order valence-electron chi connectivity index (χ3n) is 5.00. The quantitative estimate of drug-likeness (QED) is 0.799. The molecule has 0 aromatic carbocycles. The second kappa shape index (κ2) is 6.55. The van der Waals surface area contributed by atoms with Crippen molar-refractivity contribution in [1.82, 2.24) is 10.2 Å². The number of hydrogen-bond acceptors (Lipinski definition) is 4. The van der Waals surface area contributed by atoms with Crippen molar-refractivity contribution in [2.24, 2.45) is 17.6 Å². The molecule has 0 aromatic rings. The molecule has 0 bridgehead atoms. The van der Waals surface area contributed by atoms with Gasteiger partial charge in [-0.1, -0.05) is 6.42 Å². The number of piperidine rings is 1. The molecule has 2 aliphatic rings. The molecular weight excluding hydrogens is 252 g/mol.